The Kier molecular flexibility index (Phi) is 6.54. The van der Waals surface area contributed by atoms with Crippen LogP contribution in [0, 0.1) is 0 Å². The average Bonchev–Trinajstić information content (AvgIpc) is 2.93. The highest BCUT2D eigenvalue weighted by Gasteiger charge is 2.21. The molecule has 27 heavy (non-hydrogen) atoms. The van der Waals surface area contributed by atoms with Crippen LogP contribution in [0.4, 0.5) is 5.69 Å². The Morgan fingerprint density at radius 3 is 2.56 bits per heavy atom. The highest BCUT2D eigenvalue weighted by Crippen LogP contribution is 2.28. The lowest BCUT2D eigenvalue weighted by atomic mass is 9.96. The van der Waals surface area contributed by atoms with Crippen molar-refractivity contribution in [1.29, 1.82) is 0 Å². The van der Waals surface area contributed by atoms with E-state index in [1.54, 1.807) is 6.08 Å². The van der Waals surface area contributed by atoms with Crippen LogP contribution in [0.5, 0.6) is 0 Å². The molecule has 0 saturated heterocycles. The number of aromatic nitrogens is 2. The Bertz CT molecular complexity index is 916. The predicted octanol–water partition coefficient (Wildman–Crippen LogP) is 5.04. The van der Waals surface area contributed by atoms with E-state index in [2.05, 4.69) is 67.2 Å². The van der Waals surface area contributed by atoms with Crippen molar-refractivity contribution in [2.45, 2.75) is 40.0 Å². The maximum absolute atomic E-state index is 11.1. The van der Waals surface area contributed by atoms with Crippen molar-refractivity contribution >= 4 is 34.6 Å². The molecule has 2 aromatic rings. The van der Waals surface area contributed by atoms with Gasteiger partial charge in [0.15, 0.2) is 0 Å². The number of fused-ring (bicyclic) bond motifs is 1. The maximum Gasteiger partial charge on any atom is 0.221 e. The highest BCUT2D eigenvalue weighted by atomic mass is 32.2. The third-order valence-electron chi connectivity index (χ3n) is 3.92. The van der Waals surface area contributed by atoms with Gasteiger partial charge in [-0.25, -0.2) is 4.98 Å². The molecule has 2 N–H and O–H groups in total. The van der Waals surface area contributed by atoms with Gasteiger partial charge < -0.3 is 14.6 Å². The van der Waals surface area contributed by atoms with Gasteiger partial charge in [-0.05, 0) is 55.3 Å². The van der Waals surface area contributed by atoms with Gasteiger partial charge in [0.1, 0.15) is 5.82 Å². The summed E-state index contributed by atoms with van der Waals surface area (Å²) in [5.41, 5.74) is 3.77. The van der Waals surface area contributed by atoms with Crippen LogP contribution >= 0.6 is 11.9 Å². The molecule has 0 bridgehead atoms. The molecule has 0 aliphatic heterocycles. The van der Waals surface area contributed by atoms with E-state index in [0.717, 1.165) is 27.5 Å². The number of anilines is 1. The Morgan fingerprint density at radius 2 is 1.96 bits per heavy atom. The van der Waals surface area contributed by atoms with Gasteiger partial charge in [-0.1, -0.05) is 27.4 Å². The molecule has 0 radical (unpaired) electrons. The third-order valence-corrected chi connectivity index (χ3v) is 4.72. The third kappa shape index (κ3) is 5.50. The zero-order chi connectivity index (χ0) is 20.2. The van der Waals surface area contributed by atoms with Crippen LogP contribution in [-0.4, -0.2) is 15.5 Å². The lowest BCUT2D eigenvalue weighted by Gasteiger charge is -2.17. The van der Waals surface area contributed by atoms with E-state index in [9.17, 15) is 4.79 Å². The van der Waals surface area contributed by atoms with E-state index < -0.39 is 0 Å². The number of imidazole rings is 1. The number of nitrogens with zero attached hydrogens (tertiary/aromatic N) is 2. The standard InChI is InChI=1S/C21H28N4OS/c1-8-16(22-15(3)26)10-9-14(2)27-24-17-11-12-19-18(13-17)23-20(25(19)7)21(4,5)6/h8-13,24H,1H2,2-7H3,(H,22,26)/b14-9+,16-10+. The first kappa shape index (κ1) is 20.8. The van der Waals surface area contributed by atoms with Gasteiger partial charge in [0, 0.05) is 35.7 Å². The molecular formula is C21H28N4OS. The molecule has 0 spiro atoms. The molecule has 1 aromatic carbocycles. The number of allylic oxidation sites excluding steroid dienone is 4. The number of nitrogens with one attached hydrogen (secondary N) is 2. The fraction of sp³-hybridized carbons (Fsp3) is 0.333. The second-order valence-electron chi connectivity index (χ2n) is 7.44. The Labute approximate surface area is 165 Å². The number of carbonyl (C=O) groups is 1. The van der Waals surface area contributed by atoms with Crippen LogP contribution in [0.1, 0.15) is 40.4 Å². The molecule has 0 unspecified atom stereocenters. The largest absolute Gasteiger partial charge is 0.331 e. The predicted molar refractivity (Wildman–Crippen MR) is 116 cm³/mol. The van der Waals surface area contributed by atoms with Crippen LogP contribution in [0.3, 0.4) is 0 Å². The average molecular weight is 385 g/mol. The molecule has 6 heteroatoms. The quantitative estimate of drug-likeness (QED) is 0.541. The minimum Gasteiger partial charge on any atom is -0.331 e. The van der Waals surface area contributed by atoms with Gasteiger partial charge >= 0.3 is 0 Å². The van der Waals surface area contributed by atoms with E-state index in [-0.39, 0.29) is 11.3 Å². The van der Waals surface area contributed by atoms with Gasteiger partial charge in [0.05, 0.1) is 11.0 Å². The molecule has 0 aliphatic carbocycles. The second-order valence-corrected chi connectivity index (χ2v) is 8.49. The van der Waals surface area contributed by atoms with Gasteiger partial charge in [0.2, 0.25) is 5.91 Å². The number of aryl methyl sites for hydroxylation is 1. The van der Waals surface area contributed by atoms with Crippen LogP contribution in [-0.2, 0) is 17.3 Å². The smallest absolute Gasteiger partial charge is 0.221 e. The van der Waals surface area contributed by atoms with Crippen molar-refractivity contribution in [3.63, 3.8) is 0 Å². The lowest BCUT2D eigenvalue weighted by Crippen LogP contribution is -2.17. The zero-order valence-corrected chi connectivity index (χ0v) is 17.7. The van der Waals surface area contributed by atoms with Gasteiger partial charge in [-0.15, -0.1) is 0 Å². The van der Waals surface area contributed by atoms with Crippen molar-refractivity contribution in [3.05, 3.63) is 59.4 Å². The minimum absolute atomic E-state index is 0.00145. The summed E-state index contributed by atoms with van der Waals surface area (Å²) < 4.78 is 5.50. The van der Waals surface area contributed by atoms with Crippen molar-refractivity contribution in [1.82, 2.24) is 14.9 Å². The zero-order valence-electron chi connectivity index (χ0n) is 16.9. The molecule has 5 nitrogen and oxygen atoms in total. The Hall–Kier alpha value is -2.47. The van der Waals surface area contributed by atoms with Crippen LogP contribution in [0.25, 0.3) is 11.0 Å². The molecule has 144 valence electrons. The summed E-state index contributed by atoms with van der Waals surface area (Å²) in [5, 5.41) is 2.72. The van der Waals surface area contributed by atoms with Crippen molar-refractivity contribution in [2.24, 2.45) is 7.05 Å². The topological polar surface area (TPSA) is 59.0 Å². The Balaban J connectivity index is 2.12. The number of hydrogen-bond acceptors (Lipinski definition) is 4. The first-order valence-corrected chi connectivity index (χ1v) is 9.62. The molecule has 0 fully saturated rings. The summed E-state index contributed by atoms with van der Waals surface area (Å²) in [7, 11) is 2.06. The van der Waals surface area contributed by atoms with Gasteiger partial charge in [-0.2, -0.15) is 0 Å². The second kappa shape index (κ2) is 8.48. The first-order valence-electron chi connectivity index (χ1n) is 8.80. The first-order chi connectivity index (χ1) is 12.6. The van der Waals surface area contributed by atoms with E-state index in [1.165, 1.54) is 18.9 Å². The summed E-state index contributed by atoms with van der Waals surface area (Å²) >= 11 is 1.51. The molecule has 0 atom stereocenters. The van der Waals surface area contributed by atoms with E-state index in [4.69, 9.17) is 4.98 Å². The fourth-order valence-corrected chi connectivity index (χ4v) is 3.22. The van der Waals surface area contributed by atoms with Crippen molar-refractivity contribution in [3.8, 4) is 0 Å². The summed E-state index contributed by atoms with van der Waals surface area (Å²) in [6, 6.07) is 6.21. The summed E-state index contributed by atoms with van der Waals surface area (Å²) in [6.45, 7) is 13.7. The fourth-order valence-electron chi connectivity index (χ4n) is 2.68. The van der Waals surface area contributed by atoms with Crippen LogP contribution < -0.4 is 10.0 Å². The summed E-state index contributed by atoms with van der Waals surface area (Å²) in [4.78, 5) is 17.0. The van der Waals surface area contributed by atoms with Crippen molar-refractivity contribution in [2.75, 3.05) is 4.72 Å². The molecular weight excluding hydrogens is 356 g/mol. The molecule has 2 rings (SSSR count). The molecule has 0 saturated carbocycles. The SMILES string of the molecule is C=C/C(=C\C=C(/C)SNc1ccc2c(c1)nc(C(C)(C)C)n2C)NC(C)=O. The molecule has 1 amide bonds. The number of carbonyl (C=O) groups excluding carboxylic acids is 1. The van der Waals surface area contributed by atoms with E-state index in [0.29, 0.717) is 5.70 Å². The number of hydrogen-bond donors (Lipinski definition) is 2. The monoisotopic (exact) mass is 384 g/mol. The lowest BCUT2D eigenvalue weighted by molar-refractivity contribution is -0.118. The van der Waals surface area contributed by atoms with Crippen molar-refractivity contribution < 1.29 is 4.79 Å². The van der Waals surface area contributed by atoms with E-state index in [1.807, 2.05) is 19.1 Å². The molecule has 1 aromatic heterocycles. The molecule has 1 heterocycles. The van der Waals surface area contributed by atoms with Gasteiger partial charge in [0.25, 0.3) is 0 Å². The normalized spacial score (nSPS) is 13.0. The van der Waals surface area contributed by atoms with Crippen LogP contribution in [0.2, 0.25) is 0 Å². The van der Waals surface area contributed by atoms with Gasteiger partial charge in [-0.3, -0.25) is 4.79 Å². The Morgan fingerprint density at radius 1 is 1.26 bits per heavy atom. The number of amides is 1. The van der Waals surface area contributed by atoms with E-state index >= 15 is 0 Å². The highest BCUT2D eigenvalue weighted by molar-refractivity contribution is 8.04. The minimum atomic E-state index is -0.115. The number of rotatable bonds is 6. The maximum atomic E-state index is 11.1. The summed E-state index contributed by atoms with van der Waals surface area (Å²) in [6.07, 6.45) is 5.38. The molecule has 0 aliphatic rings. The summed E-state index contributed by atoms with van der Waals surface area (Å²) in [5.74, 6) is 0.953. The van der Waals surface area contributed by atoms with Crippen LogP contribution in [0.15, 0.2) is 53.6 Å². The number of benzene rings is 1.